The van der Waals surface area contributed by atoms with E-state index in [1.807, 2.05) is 55.4 Å². The molecule has 0 aromatic heterocycles. The Morgan fingerprint density at radius 2 is 1.00 bits per heavy atom. The Morgan fingerprint density at radius 1 is 0.733 bits per heavy atom. The summed E-state index contributed by atoms with van der Waals surface area (Å²) in [5.74, 6) is -0.290. The quantitative estimate of drug-likeness (QED) is 0.467. The highest BCUT2D eigenvalue weighted by atomic mass is 16.3. The SMILES string of the molecule is CC(C)C(O)C(C)(C)CNC(=O)c1ccc(C(=O)NCC(C)(C)C(O)C(C)C)cc1. The van der Waals surface area contributed by atoms with E-state index >= 15 is 0 Å². The lowest BCUT2D eigenvalue weighted by Crippen LogP contribution is -2.43. The van der Waals surface area contributed by atoms with E-state index in [1.54, 1.807) is 24.3 Å². The lowest BCUT2D eigenvalue weighted by atomic mass is 9.80. The number of amides is 2. The molecule has 0 fully saturated rings. The third-order valence-corrected chi connectivity index (χ3v) is 5.68. The summed E-state index contributed by atoms with van der Waals surface area (Å²) < 4.78 is 0. The molecule has 2 amide bonds. The number of aliphatic hydroxyl groups is 2. The van der Waals surface area contributed by atoms with E-state index in [4.69, 9.17) is 0 Å². The highest BCUT2D eigenvalue weighted by Gasteiger charge is 2.31. The van der Waals surface area contributed by atoms with Crippen molar-refractivity contribution in [3.63, 3.8) is 0 Å². The van der Waals surface area contributed by atoms with Crippen molar-refractivity contribution in [3.8, 4) is 0 Å². The predicted molar refractivity (Wildman–Crippen MR) is 120 cm³/mol. The van der Waals surface area contributed by atoms with Crippen LogP contribution < -0.4 is 10.6 Å². The summed E-state index contributed by atoms with van der Waals surface area (Å²) in [6, 6.07) is 6.46. The van der Waals surface area contributed by atoms with Crippen LogP contribution in [-0.2, 0) is 0 Å². The van der Waals surface area contributed by atoms with Crippen LogP contribution in [0.3, 0.4) is 0 Å². The van der Waals surface area contributed by atoms with E-state index in [9.17, 15) is 19.8 Å². The summed E-state index contributed by atoms with van der Waals surface area (Å²) >= 11 is 0. The highest BCUT2D eigenvalue weighted by molar-refractivity contribution is 5.97. The minimum Gasteiger partial charge on any atom is -0.392 e. The molecule has 170 valence electrons. The van der Waals surface area contributed by atoms with Crippen molar-refractivity contribution in [1.29, 1.82) is 0 Å². The molecule has 4 N–H and O–H groups in total. The minimum absolute atomic E-state index is 0.0985. The summed E-state index contributed by atoms with van der Waals surface area (Å²) in [4.78, 5) is 24.9. The number of aliphatic hydroxyl groups excluding tert-OH is 2. The fourth-order valence-corrected chi connectivity index (χ4v) is 3.61. The van der Waals surface area contributed by atoms with E-state index in [0.717, 1.165) is 0 Å². The van der Waals surface area contributed by atoms with E-state index in [1.165, 1.54) is 0 Å². The Morgan fingerprint density at radius 3 is 1.23 bits per heavy atom. The van der Waals surface area contributed by atoms with Crippen molar-refractivity contribution in [2.75, 3.05) is 13.1 Å². The first kappa shape index (κ1) is 26.1. The zero-order valence-corrected chi connectivity index (χ0v) is 19.7. The molecular formula is C24H40N2O4. The van der Waals surface area contributed by atoms with Crippen LogP contribution in [0.4, 0.5) is 0 Å². The van der Waals surface area contributed by atoms with E-state index < -0.39 is 23.0 Å². The number of hydrogen-bond donors (Lipinski definition) is 4. The van der Waals surface area contributed by atoms with Crippen LogP contribution in [0.15, 0.2) is 24.3 Å². The maximum absolute atomic E-state index is 12.4. The number of benzene rings is 1. The van der Waals surface area contributed by atoms with Gasteiger partial charge in [-0.15, -0.1) is 0 Å². The predicted octanol–water partition coefficient (Wildman–Crippen LogP) is 3.23. The van der Waals surface area contributed by atoms with Gasteiger partial charge in [0.15, 0.2) is 0 Å². The average molecular weight is 421 g/mol. The van der Waals surface area contributed by atoms with E-state index in [-0.39, 0.29) is 23.7 Å². The van der Waals surface area contributed by atoms with Gasteiger partial charge in [0, 0.05) is 35.0 Å². The molecule has 0 saturated carbocycles. The van der Waals surface area contributed by atoms with Crippen LogP contribution in [0.5, 0.6) is 0 Å². The molecular weight excluding hydrogens is 380 g/mol. The van der Waals surface area contributed by atoms with Gasteiger partial charge in [-0.1, -0.05) is 55.4 Å². The molecule has 0 saturated heterocycles. The second-order valence-corrected chi connectivity index (χ2v) is 10.3. The van der Waals surface area contributed by atoms with Gasteiger partial charge in [0.05, 0.1) is 12.2 Å². The number of nitrogens with one attached hydrogen (secondary N) is 2. The number of rotatable bonds is 10. The zero-order chi connectivity index (χ0) is 23.3. The van der Waals surface area contributed by atoms with Crippen LogP contribution in [0.25, 0.3) is 0 Å². The van der Waals surface area contributed by atoms with Crippen LogP contribution in [0, 0.1) is 22.7 Å². The molecule has 0 aliphatic heterocycles. The monoisotopic (exact) mass is 420 g/mol. The Balaban J connectivity index is 2.68. The van der Waals surface area contributed by atoms with Crippen molar-refractivity contribution in [1.82, 2.24) is 10.6 Å². The summed E-state index contributed by atoms with van der Waals surface area (Å²) in [7, 11) is 0. The molecule has 0 spiro atoms. The fraction of sp³-hybridized carbons (Fsp3) is 0.667. The van der Waals surface area contributed by atoms with E-state index in [0.29, 0.717) is 24.2 Å². The molecule has 0 aliphatic carbocycles. The molecule has 0 radical (unpaired) electrons. The molecule has 1 rings (SSSR count). The molecule has 2 atom stereocenters. The van der Waals surface area contributed by atoms with Crippen molar-refractivity contribution < 1.29 is 19.8 Å². The summed E-state index contributed by atoms with van der Waals surface area (Å²) in [5, 5.41) is 26.3. The molecule has 0 heterocycles. The molecule has 0 bridgehead atoms. The molecule has 6 heteroatoms. The highest BCUT2D eigenvalue weighted by Crippen LogP contribution is 2.26. The molecule has 30 heavy (non-hydrogen) atoms. The topological polar surface area (TPSA) is 98.7 Å². The van der Waals surface area contributed by atoms with Crippen LogP contribution in [0.2, 0.25) is 0 Å². The van der Waals surface area contributed by atoms with E-state index in [2.05, 4.69) is 10.6 Å². The van der Waals surface area contributed by atoms with Crippen molar-refractivity contribution >= 4 is 11.8 Å². The first-order valence-corrected chi connectivity index (χ1v) is 10.7. The maximum atomic E-state index is 12.4. The first-order chi connectivity index (χ1) is 13.7. The van der Waals surface area contributed by atoms with Crippen LogP contribution in [-0.4, -0.2) is 47.3 Å². The lowest BCUT2D eigenvalue weighted by Gasteiger charge is -2.33. The van der Waals surface area contributed by atoms with Gasteiger partial charge in [-0.2, -0.15) is 0 Å². The van der Waals surface area contributed by atoms with Crippen LogP contribution in [0.1, 0.15) is 76.1 Å². The lowest BCUT2D eigenvalue weighted by molar-refractivity contribution is 0.0137. The molecule has 2 unspecified atom stereocenters. The Hall–Kier alpha value is -1.92. The second-order valence-electron chi connectivity index (χ2n) is 10.3. The largest absolute Gasteiger partial charge is 0.392 e. The van der Waals surface area contributed by atoms with Gasteiger partial charge >= 0.3 is 0 Å². The Kier molecular flexibility index (Phi) is 9.06. The van der Waals surface area contributed by atoms with Gasteiger partial charge in [0.1, 0.15) is 0 Å². The molecule has 1 aromatic rings. The summed E-state index contributed by atoms with van der Waals surface area (Å²) in [5.41, 5.74) is 0.0162. The second kappa shape index (κ2) is 10.4. The Labute approximate surface area is 181 Å². The third-order valence-electron chi connectivity index (χ3n) is 5.68. The van der Waals surface area contributed by atoms with Gasteiger partial charge < -0.3 is 20.8 Å². The average Bonchev–Trinajstić information content (AvgIpc) is 2.68. The minimum atomic E-state index is -0.526. The van der Waals surface area contributed by atoms with Gasteiger partial charge in [-0.3, -0.25) is 9.59 Å². The first-order valence-electron chi connectivity index (χ1n) is 10.7. The molecule has 1 aromatic carbocycles. The van der Waals surface area contributed by atoms with Gasteiger partial charge in [-0.05, 0) is 36.1 Å². The standard InChI is InChI=1S/C24H40N2O4/c1-15(2)19(27)23(5,6)13-25-21(29)17-9-11-18(12-10-17)22(30)26-14-24(7,8)20(28)16(3)4/h9-12,15-16,19-20,27-28H,13-14H2,1-8H3,(H,25,29)(H,26,30). The van der Waals surface area contributed by atoms with Crippen LogP contribution >= 0.6 is 0 Å². The third kappa shape index (κ3) is 7.10. The normalized spacial score (nSPS) is 14.5. The number of hydrogen-bond acceptors (Lipinski definition) is 4. The van der Waals surface area contributed by atoms with Gasteiger partial charge in [0.2, 0.25) is 0 Å². The van der Waals surface area contributed by atoms with Crippen molar-refractivity contribution in [3.05, 3.63) is 35.4 Å². The fourth-order valence-electron chi connectivity index (χ4n) is 3.61. The number of carbonyl (C=O) groups excluding carboxylic acids is 2. The maximum Gasteiger partial charge on any atom is 0.251 e. The van der Waals surface area contributed by atoms with Crippen molar-refractivity contribution in [2.24, 2.45) is 22.7 Å². The number of carbonyl (C=O) groups is 2. The molecule has 0 aliphatic rings. The van der Waals surface area contributed by atoms with Gasteiger partial charge in [0.25, 0.3) is 11.8 Å². The zero-order valence-electron chi connectivity index (χ0n) is 19.7. The Bertz CT molecular complexity index is 647. The summed E-state index contributed by atoms with van der Waals surface area (Å²) in [6.45, 7) is 16.2. The van der Waals surface area contributed by atoms with Crippen molar-refractivity contribution in [2.45, 2.75) is 67.6 Å². The smallest absolute Gasteiger partial charge is 0.251 e. The summed E-state index contributed by atoms with van der Waals surface area (Å²) in [6.07, 6.45) is -1.05. The van der Waals surface area contributed by atoms with Gasteiger partial charge in [-0.25, -0.2) is 0 Å². The molecule has 6 nitrogen and oxygen atoms in total.